The molecule has 0 spiro atoms. The molecule has 0 unspecified atom stereocenters. The minimum atomic E-state index is 0.150. The Balaban J connectivity index is 2.50. The first kappa shape index (κ1) is 12.6. The number of hydrogen-bond donors (Lipinski definition) is 1. The molecule has 0 aliphatic rings. The predicted octanol–water partition coefficient (Wildman–Crippen LogP) is 3.13. The van der Waals surface area contributed by atoms with Crippen molar-refractivity contribution >= 4 is 23.1 Å². The van der Waals surface area contributed by atoms with Gasteiger partial charge in [-0.1, -0.05) is 18.8 Å². The lowest BCUT2D eigenvalue weighted by molar-refractivity contribution is 0.305. The number of thioether (sulfide) groups is 1. The minimum Gasteiger partial charge on any atom is -0.395 e. The summed E-state index contributed by atoms with van der Waals surface area (Å²) >= 11 is 3.73. The molecule has 3 heteroatoms. The van der Waals surface area contributed by atoms with E-state index < -0.39 is 0 Å². The van der Waals surface area contributed by atoms with E-state index in [0.717, 1.165) is 11.3 Å². The fourth-order valence-corrected chi connectivity index (χ4v) is 3.00. The van der Waals surface area contributed by atoms with E-state index in [0.29, 0.717) is 6.42 Å². The summed E-state index contributed by atoms with van der Waals surface area (Å²) in [7, 11) is 0. The summed E-state index contributed by atoms with van der Waals surface area (Å²) in [6.45, 7) is 2.35. The third-order valence-electron chi connectivity index (χ3n) is 1.79. The molecule has 0 aliphatic heterocycles. The van der Waals surface area contributed by atoms with Crippen molar-refractivity contribution in [2.45, 2.75) is 25.5 Å². The van der Waals surface area contributed by atoms with Crippen LogP contribution in [0.5, 0.6) is 0 Å². The van der Waals surface area contributed by atoms with Crippen LogP contribution in [-0.2, 0) is 5.75 Å². The first-order valence-corrected chi connectivity index (χ1v) is 7.15. The molecule has 0 saturated carbocycles. The Hall–Kier alpha value is -0.430. The lowest BCUT2D eigenvalue weighted by Gasteiger charge is -1.97. The van der Waals surface area contributed by atoms with Crippen molar-refractivity contribution in [2.24, 2.45) is 0 Å². The molecule has 1 aromatic rings. The van der Waals surface area contributed by atoms with Gasteiger partial charge in [0, 0.05) is 22.6 Å². The van der Waals surface area contributed by atoms with Crippen molar-refractivity contribution in [3.63, 3.8) is 0 Å². The number of aliphatic hydroxyl groups excluding tert-OH is 1. The molecule has 0 saturated heterocycles. The number of aliphatic hydroxyl groups is 1. The summed E-state index contributed by atoms with van der Waals surface area (Å²) in [4.78, 5) is 1.36. The zero-order chi connectivity index (χ0) is 10.9. The van der Waals surface area contributed by atoms with Gasteiger partial charge < -0.3 is 5.11 Å². The molecule has 0 bridgehead atoms. The van der Waals surface area contributed by atoms with E-state index in [-0.39, 0.29) is 6.61 Å². The van der Waals surface area contributed by atoms with E-state index in [2.05, 4.69) is 30.2 Å². The third kappa shape index (κ3) is 4.74. The van der Waals surface area contributed by atoms with E-state index in [1.807, 2.05) is 11.8 Å². The average molecular weight is 240 g/mol. The van der Waals surface area contributed by atoms with Crippen LogP contribution in [0.2, 0.25) is 0 Å². The van der Waals surface area contributed by atoms with E-state index >= 15 is 0 Å². The maximum absolute atomic E-state index is 8.63. The van der Waals surface area contributed by atoms with Gasteiger partial charge in [0.25, 0.3) is 0 Å². The topological polar surface area (TPSA) is 20.2 Å². The Morgan fingerprint density at radius 2 is 2.40 bits per heavy atom. The second-order valence-electron chi connectivity index (χ2n) is 3.09. The summed E-state index contributed by atoms with van der Waals surface area (Å²) in [6, 6.07) is 2.07. The van der Waals surface area contributed by atoms with E-state index in [1.54, 1.807) is 11.3 Å². The van der Waals surface area contributed by atoms with Crippen LogP contribution in [0, 0.1) is 11.8 Å². The third-order valence-corrected chi connectivity index (χ3v) is 4.08. The van der Waals surface area contributed by atoms with E-state index in [9.17, 15) is 0 Å². The monoisotopic (exact) mass is 240 g/mol. The maximum Gasteiger partial charge on any atom is 0.0540 e. The van der Waals surface area contributed by atoms with Crippen LogP contribution in [0.4, 0.5) is 0 Å². The molecule has 0 fully saturated rings. The van der Waals surface area contributed by atoms with Gasteiger partial charge >= 0.3 is 0 Å². The Labute approximate surface area is 99.9 Å². The second-order valence-corrected chi connectivity index (χ2v) is 5.19. The number of rotatable bonds is 5. The quantitative estimate of drug-likeness (QED) is 0.630. The van der Waals surface area contributed by atoms with Gasteiger partial charge in [0.15, 0.2) is 0 Å². The van der Waals surface area contributed by atoms with Crippen molar-refractivity contribution in [2.75, 3.05) is 12.4 Å². The Kier molecular flexibility index (Phi) is 6.58. The van der Waals surface area contributed by atoms with Crippen LogP contribution in [-0.4, -0.2) is 17.5 Å². The SMILES string of the molecule is CCCSCc1sccc1C#CCCO. The zero-order valence-electron chi connectivity index (χ0n) is 8.95. The van der Waals surface area contributed by atoms with Gasteiger partial charge in [-0.3, -0.25) is 0 Å². The summed E-state index contributed by atoms with van der Waals surface area (Å²) in [5, 5.41) is 10.7. The molecule has 0 amide bonds. The van der Waals surface area contributed by atoms with Crippen LogP contribution < -0.4 is 0 Å². The van der Waals surface area contributed by atoms with Crippen LogP contribution in [0.15, 0.2) is 11.4 Å². The smallest absolute Gasteiger partial charge is 0.0540 e. The van der Waals surface area contributed by atoms with Crippen LogP contribution in [0.25, 0.3) is 0 Å². The molecule has 0 atom stereocenters. The Morgan fingerprint density at radius 1 is 1.53 bits per heavy atom. The largest absolute Gasteiger partial charge is 0.395 e. The van der Waals surface area contributed by atoms with Gasteiger partial charge in [0.05, 0.1) is 6.61 Å². The molecule has 1 rings (SSSR count). The highest BCUT2D eigenvalue weighted by molar-refractivity contribution is 7.98. The molecular weight excluding hydrogens is 224 g/mol. The molecule has 1 aromatic heterocycles. The van der Waals surface area contributed by atoms with Gasteiger partial charge in [0.2, 0.25) is 0 Å². The van der Waals surface area contributed by atoms with Crippen molar-refractivity contribution in [3.8, 4) is 11.8 Å². The van der Waals surface area contributed by atoms with Crippen LogP contribution in [0.3, 0.4) is 0 Å². The highest BCUT2D eigenvalue weighted by atomic mass is 32.2. The highest BCUT2D eigenvalue weighted by Gasteiger charge is 2.00. The molecule has 1 heterocycles. The molecule has 1 N–H and O–H groups in total. The van der Waals surface area contributed by atoms with E-state index in [1.165, 1.54) is 17.1 Å². The lowest BCUT2D eigenvalue weighted by Crippen LogP contribution is -1.82. The molecule has 0 aliphatic carbocycles. The van der Waals surface area contributed by atoms with Crippen LogP contribution >= 0.6 is 23.1 Å². The first-order valence-electron chi connectivity index (χ1n) is 5.12. The number of thiophene rings is 1. The molecule has 1 nitrogen and oxygen atoms in total. The lowest BCUT2D eigenvalue weighted by atomic mass is 10.2. The number of hydrogen-bond acceptors (Lipinski definition) is 3. The Bertz CT molecular complexity index is 333. The Morgan fingerprint density at radius 3 is 3.13 bits per heavy atom. The summed E-state index contributed by atoms with van der Waals surface area (Å²) in [5.74, 6) is 8.35. The van der Waals surface area contributed by atoms with Gasteiger partial charge in [-0.05, 0) is 23.6 Å². The standard InChI is InChI=1S/C12H16OS2/c1-2-8-14-10-12-11(6-9-15-12)5-3-4-7-13/h6,9,13H,2,4,7-8,10H2,1H3. The maximum atomic E-state index is 8.63. The van der Waals surface area contributed by atoms with Crippen molar-refractivity contribution in [1.82, 2.24) is 0 Å². The van der Waals surface area contributed by atoms with Gasteiger partial charge in [0.1, 0.15) is 0 Å². The summed E-state index contributed by atoms with van der Waals surface area (Å²) in [6.07, 6.45) is 1.79. The molecular formula is C12H16OS2. The van der Waals surface area contributed by atoms with Gasteiger partial charge in [-0.25, -0.2) is 0 Å². The zero-order valence-corrected chi connectivity index (χ0v) is 10.6. The summed E-state index contributed by atoms with van der Waals surface area (Å²) in [5.41, 5.74) is 1.14. The van der Waals surface area contributed by atoms with Gasteiger partial charge in [-0.2, -0.15) is 11.8 Å². The predicted molar refractivity (Wildman–Crippen MR) is 69.4 cm³/mol. The second kappa shape index (κ2) is 7.81. The fourth-order valence-electron chi connectivity index (χ4n) is 1.09. The van der Waals surface area contributed by atoms with Crippen molar-refractivity contribution in [3.05, 3.63) is 21.9 Å². The molecule has 15 heavy (non-hydrogen) atoms. The minimum absolute atomic E-state index is 0.150. The van der Waals surface area contributed by atoms with Crippen molar-refractivity contribution in [1.29, 1.82) is 0 Å². The van der Waals surface area contributed by atoms with E-state index in [4.69, 9.17) is 5.11 Å². The fraction of sp³-hybridized carbons (Fsp3) is 0.500. The van der Waals surface area contributed by atoms with Crippen LogP contribution in [0.1, 0.15) is 30.2 Å². The highest BCUT2D eigenvalue weighted by Crippen LogP contribution is 2.22. The van der Waals surface area contributed by atoms with Gasteiger partial charge in [-0.15, -0.1) is 11.3 Å². The normalized spacial score (nSPS) is 9.73. The molecule has 0 aromatic carbocycles. The molecule has 82 valence electrons. The summed E-state index contributed by atoms with van der Waals surface area (Å²) < 4.78 is 0. The molecule has 0 radical (unpaired) electrons. The average Bonchev–Trinajstić information content (AvgIpc) is 2.67. The van der Waals surface area contributed by atoms with Crippen molar-refractivity contribution < 1.29 is 5.11 Å². The first-order chi connectivity index (χ1) is 7.38.